The number of amidine groups is 1. The van der Waals surface area contributed by atoms with Gasteiger partial charge in [-0.25, -0.2) is 0 Å². The summed E-state index contributed by atoms with van der Waals surface area (Å²) in [6.45, 7) is 3.64. The largest absolute Gasteiger partial charge is 0.497 e. The number of rotatable bonds is 4. The monoisotopic (exact) mass is 272 g/mol. The van der Waals surface area contributed by atoms with E-state index < -0.39 is 0 Å². The molecule has 1 aromatic heterocycles. The maximum Gasteiger partial charge on any atom is 0.250 e. The summed E-state index contributed by atoms with van der Waals surface area (Å²) in [5.74, 6) is 1.33. The van der Waals surface area contributed by atoms with Gasteiger partial charge in [-0.2, -0.15) is 5.10 Å². The van der Waals surface area contributed by atoms with Gasteiger partial charge in [-0.3, -0.25) is 5.41 Å². The molecule has 0 fully saturated rings. The quantitative estimate of drug-likeness (QED) is 0.657. The lowest BCUT2D eigenvalue weighted by molar-refractivity contribution is 0.406. The Morgan fingerprint density at radius 3 is 2.55 bits per heavy atom. The van der Waals surface area contributed by atoms with E-state index in [1.54, 1.807) is 25.3 Å². The highest BCUT2D eigenvalue weighted by Crippen LogP contribution is 2.27. The number of nitrogens with one attached hydrogen (secondary N) is 1. The molecule has 6 heteroatoms. The molecule has 3 N–H and O–H groups in total. The fourth-order valence-electron chi connectivity index (χ4n) is 1.75. The van der Waals surface area contributed by atoms with Crippen molar-refractivity contribution in [2.75, 3.05) is 7.11 Å². The van der Waals surface area contributed by atoms with Crippen molar-refractivity contribution in [3.63, 3.8) is 0 Å². The molecule has 20 heavy (non-hydrogen) atoms. The molecule has 0 aliphatic rings. The van der Waals surface area contributed by atoms with Gasteiger partial charge >= 0.3 is 0 Å². The topological polar surface area (TPSA) is 94.1 Å². The molecule has 2 rings (SSSR count). The van der Waals surface area contributed by atoms with Gasteiger partial charge < -0.3 is 15.2 Å². The van der Waals surface area contributed by atoms with Crippen molar-refractivity contribution in [2.24, 2.45) is 5.73 Å². The van der Waals surface area contributed by atoms with Gasteiger partial charge in [0, 0.05) is 6.07 Å². The SMILES string of the molecule is COc1cccc(Oc2nnc(C)c(C)c2C(=N)N)c1. The normalized spacial score (nSPS) is 10.2. The molecule has 0 saturated carbocycles. The fourth-order valence-corrected chi connectivity index (χ4v) is 1.75. The predicted octanol–water partition coefficient (Wildman–Crippen LogP) is 2.18. The summed E-state index contributed by atoms with van der Waals surface area (Å²) < 4.78 is 10.8. The fraction of sp³-hybridized carbons (Fsp3) is 0.214. The van der Waals surface area contributed by atoms with Crippen molar-refractivity contribution in [3.05, 3.63) is 41.1 Å². The minimum Gasteiger partial charge on any atom is -0.497 e. The lowest BCUT2D eigenvalue weighted by atomic mass is 10.1. The number of benzene rings is 1. The molecule has 0 amide bonds. The van der Waals surface area contributed by atoms with E-state index >= 15 is 0 Å². The van der Waals surface area contributed by atoms with E-state index in [0.717, 1.165) is 5.56 Å². The Hall–Kier alpha value is -2.63. The summed E-state index contributed by atoms with van der Waals surface area (Å²) in [5.41, 5.74) is 7.56. The van der Waals surface area contributed by atoms with Crippen LogP contribution < -0.4 is 15.2 Å². The second-order valence-corrected chi connectivity index (χ2v) is 4.29. The second-order valence-electron chi connectivity index (χ2n) is 4.29. The van der Waals surface area contributed by atoms with Crippen molar-refractivity contribution < 1.29 is 9.47 Å². The Morgan fingerprint density at radius 1 is 1.20 bits per heavy atom. The number of ether oxygens (including phenoxy) is 2. The molecule has 1 heterocycles. The summed E-state index contributed by atoms with van der Waals surface area (Å²) in [6, 6.07) is 7.10. The molecule has 0 spiro atoms. The number of methoxy groups -OCH3 is 1. The van der Waals surface area contributed by atoms with Gasteiger partial charge in [-0.15, -0.1) is 5.10 Å². The maximum atomic E-state index is 7.66. The second kappa shape index (κ2) is 5.56. The number of nitrogen functional groups attached to an aromatic ring is 1. The molecule has 0 atom stereocenters. The first-order valence-electron chi connectivity index (χ1n) is 6.03. The highest BCUT2D eigenvalue weighted by atomic mass is 16.5. The number of hydrogen-bond acceptors (Lipinski definition) is 5. The van der Waals surface area contributed by atoms with Gasteiger partial charge in [-0.1, -0.05) is 6.07 Å². The number of nitrogens with zero attached hydrogens (tertiary/aromatic N) is 2. The van der Waals surface area contributed by atoms with Crippen LogP contribution in [0.4, 0.5) is 0 Å². The molecule has 0 unspecified atom stereocenters. The summed E-state index contributed by atoms with van der Waals surface area (Å²) in [6.07, 6.45) is 0. The van der Waals surface area contributed by atoms with Crippen molar-refractivity contribution in [2.45, 2.75) is 13.8 Å². The van der Waals surface area contributed by atoms with Gasteiger partial charge in [0.2, 0.25) is 5.88 Å². The van der Waals surface area contributed by atoms with Crippen LogP contribution in [-0.4, -0.2) is 23.1 Å². The summed E-state index contributed by atoms with van der Waals surface area (Å²) >= 11 is 0. The zero-order valence-electron chi connectivity index (χ0n) is 11.6. The molecule has 0 aliphatic carbocycles. The molecule has 0 aliphatic heterocycles. The highest BCUT2D eigenvalue weighted by Gasteiger charge is 2.16. The molecule has 2 aromatic rings. The van der Waals surface area contributed by atoms with Crippen LogP contribution in [0.15, 0.2) is 24.3 Å². The zero-order valence-corrected chi connectivity index (χ0v) is 11.6. The number of hydrogen-bond donors (Lipinski definition) is 2. The average Bonchev–Trinajstić information content (AvgIpc) is 2.43. The van der Waals surface area contributed by atoms with Gasteiger partial charge in [0.15, 0.2) is 0 Å². The van der Waals surface area contributed by atoms with E-state index in [9.17, 15) is 0 Å². The van der Waals surface area contributed by atoms with Gasteiger partial charge in [0.25, 0.3) is 0 Å². The van der Waals surface area contributed by atoms with E-state index in [1.807, 2.05) is 19.9 Å². The van der Waals surface area contributed by atoms with Crippen LogP contribution in [0.3, 0.4) is 0 Å². The Kier molecular flexibility index (Phi) is 3.84. The van der Waals surface area contributed by atoms with Crippen LogP contribution in [0.5, 0.6) is 17.4 Å². The first-order valence-corrected chi connectivity index (χ1v) is 6.03. The number of aryl methyl sites for hydroxylation is 1. The summed E-state index contributed by atoms with van der Waals surface area (Å²) in [5, 5.41) is 15.6. The van der Waals surface area contributed by atoms with Crippen LogP contribution >= 0.6 is 0 Å². The molecule has 0 radical (unpaired) electrons. The minimum absolute atomic E-state index is 0.0987. The van der Waals surface area contributed by atoms with Crippen LogP contribution in [0.1, 0.15) is 16.8 Å². The standard InChI is InChI=1S/C14H16N4O2/c1-8-9(2)17-18-14(12(8)13(15)16)20-11-6-4-5-10(7-11)19-3/h4-7H,1-3H3,(H3,15,16). The Labute approximate surface area is 117 Å². The van der Waals surface area contributed by atoms with Gasteiger partial charge in [-0.05, 0) is 31.5 Å². The van der Waals surface area contributed by atoms with Crippen molar-refractivity contribution in [3.8, 4) is 17.4 Å². The van der Waals surface area contributed by atoms with Gasteiger partial charge in [0.1, 0.15) is 17.3 Å². The third-order valence-corrected chi connectivity index (χ3v) is 2.95. The predicted molar refractivity (Wildman–Crippen MR) is 75.6 cm³/mol. The van der Waals surface area contributed by atoms with E-state index in [-0.39, 0.29) is 11.7 Å². The zero-order chi connectivity index (χ0) is 14.7. The third-order valence-electron chi connectivity index (χ3n) is 2.95. The van der Waals surface area contributed by atoms with E-state index in [2.05, 4.69) is 10.2 Å². The molecular weight excluding hydrogens is 256 g/mol. The van der Waals surface area contributed by atoms with Crippen LogP contribution in [0.25, 0.3) is 0 Å². The van der Waals surface area contributed by atoms with E-state index in [1.165, 1.54) is 0 Å². The van der Waals surface area contributed by atoms with Crippen LogP contribution in [-0.2, 0) is 0 Å². The molecule has 0 bridgehead atoms. The molecule has 6 nitrogen and oxygen atoms in total. The lowest BCUT2D eigenvalue weighted by Gasteiger charge is -2.12. The maximum absolute atomic E-state index is 7.66. The molecule has 104 valence electrons. The van der Waals surface area contributed by atoms with E-state index in [0.29, 0.717) is 22.8 Å². The average molecular weight is 272 g/mol. The molecule has 0 saturated heterocycles. The van der Waals surface area contributed by atoms with Crippen molar-refractivity contribution in [1.82, 2.24) is 10.2 Å². The van der Waals surface area contributed by atoms with Crippen LogP contribution in [0.2, 0.25) is 0 Å². The first kappa shape index (κ1) is 13.8. The van der Waals surface area contributed by atoms with Crippen LogP contribution in [0, 0.1) is 19.3 Å². The Bertz CT molecular complexity index is 656. The molecular formula is C14H16N4O2. The van der Waals surface area contributed by atoms with Crippen molar-refractivity contribution >= 4 is 5.84 Å². The van der Waals surface area contributed by atoms with E-state index in [4.69, 9.17) is 20.6 Å². The summed E-state index contributed by atoms with van der Waals surface area (Å²) in [4.78, 5) is 0. The Balaban J connectivity index is 2.43. The smallest absolute Gasteiger partial charge is 0.250 e. The molecule has 1 aromatic carbocycles. The Morgan fingerprint density at radius 2 is 1.90 bits per heavy atom. The summed E-state index contributed by atoms with van der Waals surface area (Å²) in [7, 11) is 1.58. The lowest BCUT2D eigenvalue weighted by Crippen LogP contribution is -2.16. The minimum atomic E-state index is -0.0987. The van der Waals surface area contributed by atoms with Crippen molar-refractivity contribution in [1.29, 1.82) is 5.41 Å². The highest BCUT2D eigenvalue weighted by molar-refractivity contribution is 5.98. The number of nitrogens with two attached hydrogens (primary N) is 1. The van der Waals surface area contributed by atoms with Gasteiger partial charge in [0.05, 0.1) is 18.4 Å². The third kappa shape index (κ3) is 2.69. The first-order chi connectivity index (χ1) is 9.52. The number of aromatic nitrogens is 2.